The average molecular weight is 433 g/mol. The second-order valence-corrected chi connectivity index (χ2v) is 7.66. The third kappa shape index (κ3) is 5.46. The third-order valence-corrected chi connectivity index (χ3v) is 5.08. The molecule has 3 aromatic carbocycles. The van der Waals surface area contributed by atoms with Gasteiger partial charge in [-0.25, -0.2) is 4.79 Å². The topological polar surface area (TPSA) is 78.9 Å². The quantitative estimate of drug-likeness (QED) is 0.434. The molecule has 3 rings (SSSR count). The Morgan fingerprint density at radius 2 is 1.69 bits per heavy atom. The molecule has 0 aliphatic rings. The molecule has 0 atom stereocenters. The van der Waals surface area contributed by atoms with Gasteiger partial charge in [-0.15, -0.1) is 0 Å². The van der Waals surface area contributed by atoms with Crippen molar-refractivity contribution in [3.05, 3.63) is 77.9 Å². The van der Waals surface area contributed by atoms with Gasteiger partial charge in [-0.1, -0.05) is 49.7 Å². The number of carboxylic acids is 1. The van der Waals surface area contributed by atoms with Gasteiger partial charge in [-0.2, -0.15) is 0 Å². The maximum absolute atomic E-state index is 13.3. The summed E-state index contributed by atoms with van der Waals surface area (Å²) in [6, 6.07) is 19.9. The lowest BCUT2D eigenvalue weighted by atomic mass is 10.0. The van der Waals surface area contributed by atoms with Crippen molar-refractivity contribution in [3.63, 3.8) is 0 Å². The van der Waals surface area contributed by atoms with Gasteiger partial charge in [0, 0.05) is 19.8 Å². The summed E-state index contributed by atoms with van der Waals surface area (Å²) in [5.74, 6) is -1.06. The minimum absolute atomic E-state index is 0.0234. The average Bonchev–Trinajstić information content (AvgIpc) is 2.79. The first-order chi connectivity index (χ1) is 15.4. The zero-order valence-electron chi connectivity index (χ0n) is 18.6. The van der Waals surface area contributed by atoms with Gasteiger partial charge in [-0.05, 0) is 47.9 Å². The molecule has 166 valence electrons. The molecule has 0 radical (unpaired) electrons. The number of amides is 1. The Labute approximate surface area is 188 Å². The van der Waals surface area contributed by atoms with Crippen LogP contribution in [0.1, 0.15) is 40.5 Å². The van der Waals surface area contributed by atoms with Crippen LogP contribution in [-0.2, 0) is 0 Å². The number of nitrogens with zero attached hydrogens (tertiary/aromatic N) is 1. The molecule has 0 saturated heterocycles. The number of anilines is 2. The molecule has 32 heavy (non-hydrogen) atoms. The van der Waals surface area contributed by atoms with Crippen molar-refractivity contribution in [3.8, 4) is 16.9 Å². The Balaban J connectivity index is 1.98. The van der Waals surface area contributed by atoms with Crippen molar-refractivity contribution < 1.29 is 19.4 Å². The van der Waals surface area contributed by atoms with Gasteiger partial charge in [0.1, 0.15) is 5.75 Å². The molecule has 0 spiro atoms. The van der Waals surface area contributed by atoms with Gasteiger partial charge in [-0.3, -0.25) is 4.79 Å². The molecular weight excluding hydrogens is 404 g/mol. The van der Waals surface area contributed by atoms with Crippen molar-refractivity contribution >= 4 is 23.3 Å². The number of ether oxygens (including phenoxy) is 1. The molecule has 1 amide bonds. The summed E-state index contributed by atoms with van der Waals surface area (Å²) in [5, 5.41) is 12.4. The minimum Gasteiger partial charge on any atom is -0.493 e. The number of nitrogens with one attached hydrogen (secondary N) is 1. The van der Waals surface area contributed by atoms with E-state index in [-0.39, 0.29) is 11.3 Å². The fourth-order valence-electron chi connectivity index (χ4n) is 3.26. The molecule has 0 bridgehead atoms. The summed E-state index contributed by atoms with van der Waals surface area (Å²) in [7, 11) is 3.78. The highest BCUT2D eigenvalue weighted by atomic mass is 16.5. The molecule has 0 fully saturated rings. The lowest BCUT2D eigenvalue weighted by Crippen LogP contribution is -2.18. The highest BCUT2D eigenvalue weighted by molar-refractivity contribution is 6.10. The Morgan fingerprint density at radius 1 is 0.938 bits per heavy atom. The maximum atomic E-state index is 13.3. The van der Waals surface area contributed by atoms with E-state index in [1.54, 1.807) is 24.3 Å². The summed E-state index contributed by atoms with van der Waals surface area (Å²) in [6.07, 6.45) is 1.85. The van der Waals surface area contributed by atoms with E-state index >= 15 is 0 Å². The zero-order valence-corrected chi connectivity index (χ0v) is 18.6. The molecule has 0 aliphatic heterocycles. The number of carbonyl (C=O) groups excluding carboxylic acids is 1. The van der Waals surface area contributed by atoms with Crippen LogP contribution in [0.2, 0.25) is 0 Å². The molecule has 0 saturated carbocycles. The highest BCUT2D eigenvalue weighted by Gasteiger charge is 2.19. The number of benzene rings is 3. The lowest BCUT2D eigenvalue weighted by Gasteiger charge is -2.18. The van der Waals surface area contributed by atoms with Crippen molar-refractivity contribution in [2.45, 2.75) is 19.8 Å². The fraction of sp³-hybridized carbons (Fsp3) is 0.231. The van der Waals surface area contributed by atoms with E-state index in [0.29, 0.717) is 17.9 Å². The van der Waals surface area contributed by atoms with E-state index in [1.807, 2.05) is 55.4 Å². The second kappa shape index (κ2) is 10.5. The molecule has 0 aliphatic carbocycles. The fourth-order valence-corrected chi connectivity index (χ4v) is 3.26. The lowest BCUT2D eigenvalue weighted by molar-refractivity contribution is 0.0698. The van der Waals surface area contributed by atoms with E-state index in [0.717, 1.165) is 29.7 Å². The molecule has 0 unspecified atom stereocenters. The number of hydrogen-bond donors (Lipinski definition) is 2. The minimum atomic E-state index is -1.11. The van der Waals surface area contributed by atoms with Crippen molar-refractivity contribution in [2.75, 3.05) is 30.9 Å². The van der Waals surface area contributed by atoms with Gasteiger partial charge in [0.05, 0.1) is 23.4 Å². The van der Waals surface area contributed by atoms with Crippen LogP contribution in [0.15, 0.2) is 66.7 Å². The second-order valence-electron chi connectivity index (χ2n) is 7.66. The van der Waals surface area contributed by atoms with Crippen LogP contribution in [0.4, 0.5) is 11.4 Å². The van der Waals surface area contributed by atoms with Crippen LogP contribution in [0, 0.1) is 0 Å². The van der Waals surface area contributed by atoms with E-state index in [4.69, 9.17) is 4.74 Å². The summed E-state index contributed by atoms with van der Waals surface area (Å²) < 4.78 is 5.85. The number of aromatic carboxylic acids is 1. The zero-order chi connectivity index (χ0) is 23.1. The predicted octanol–water partition coefficient (Wildman–Crippen LogP) is 5.55. The van der Waals surface area contributed by atoms with Crippen molar-refractivity contribution in [1.82, 2.24) is 0 Å². The Bertz CT molecular complexity index is 1090. The number of carboxylic acid groups (broad SMARTS) is 1. The van der Waals surface area contributed by atoms with Crippen LogP contribution >= 0.6 is 0 Å². The van der Waals surface area contributed by atoms with Crippen molar-refractivity contribution in [2.24, 2.45) is 0 Å². The van der Waals surface area contributed by atoms with E-state index < -0.39 is 11.9 Å². The van der Waals surface area contributed by atoms with Crippen LogP contribution in [0.5, 0.6) is 5.75 Å². The summed E-state index contributed by atoms with van der Waals surface area (Å²) in [5.41, 5.74) is 3.20. The smallest absolute Gasteiger partial charge is 0.337 e. The predicted molar refractivity (Wildman–Crippen MR) is 128 cm³/mol. The standard InChI is InChI=1S/C26H28N2O4/c1-4-5-15-32-24-14-12-20(28(2)3)17-22(24)25(29)27-23-16-19(11-13-21(23)26(30)31)18-9-7-6-8-10-18/h6-14,16-17H,4-5,15H2,1-3H3,(H,27,29)(H,30,31). The van der Waals surface area contributed by atoms with Crippen LogP contribution in [0.25, 0.3) is 11.1 Å². The Kier molecular flexibility index (Phi) is 7.49. The normalized spacial score (nSPS) is 10.5. The third-order valence-electron chi connectivity index (χ3n) is 5.08. The first-order valence-electron chi connectivity index (χ1n) is 10.6. The number of carbonyl (C=O) groups is 2. The van der Waals surface area contributed by atoms with Gasteiger partial charge < -0.3 is 20.1 Å². The molecule has 6 nitrogen and oxygen atoms in total. The molecule has 2 N–H and O–H groups in total. The number of hydrogen-bond acceptors (Lipinski definition) is 4. The van der Waals surface area contributed by atoms with Crippen LogP contribution in [-0.4, -0.2) is 37.7 Å². The Morgan fingerprint density at radius 3 is 2.34 bits per heavy atom. The largest absolute Gasteiger partial charge is 0.493 e. The SMILES string of the molecule is CCCCOc1ccc(N(C)C)cc1C(=O)Nc1cc(-c2ccccc2)ccc1C(=O)O. The van der Waals surface area contributed by atoms with E-state index in [9.17, 15) is 14.7 Å². The number of unbranched alkanes of at least 4 members (excludes halogenated alkanes) is 1. The summed E-state index contributed by atoms with van der Waals surface area (Å²) >= 11 is 0. The molecule has 0 aromatic heterocycles. The first-order valence-corrected chi connectivity index (χ1v) is 10.6. The number of rotatable bonds is 9. The van der Waals surface area contributed by atoms with Gasteiger partial charge in [0.2, 0.25) is 0 Å². The molecular formula is C26H28N2O4. The van der Waals surface area contributed by atoms with Crippen LogP contribution < -0.4 is 15.0 Å². The molecule has 3 aromatic rings. The van der Waals surface area contributed by atoms with E-state index in [2.05, 4.69) is 12.2 Å². The highest BCUT2D eigenvalue weighted by Crippen LogP contribution is 2.29. The first kappa shape index (κ1) is 22.9. The molecule has 0 heterocycles. The van der Waals surface area contributed by atoms with Crippen LogP contribution in [0.3, 0.4) is 0 Å². The van der Waals surface area contributed by atoms with Gasteiger partial charge in [0.15, 0.2) is 0 Å². The monoisotopic (exact) mass is 432 g/mol. The molecule has 6 heteroatoms. The van der Waals surface area contributed by atoms with Crippen molar-refractivity contribution in [1.29, 1.82) is 0 Å². The maximum Gasteiger partial charge on any atom is 0.337 e. The van der Waals surface area contributed by atoms with Gasteiger partial charge in [0.25, 0.3) is 5.91 Å². The Hall–Kier alpha value is -3.80. The summed E-state index contributed by atoms with van der Waals surface area (Å²) in [6.45, 7) is 2.57. The van der Waals surface area contributed by atoms with E-state index in [1.165, 1.54) is 6.07 Å². The van der Waals surface area contributed by atoms with Gasteiger partial charge >= 0.3 is 5.97 Å². The summed E-state index contributed by atoms with van der Waals surface area (Å²) in [4.78, 5) is 26.9.